The number of nitrogens with zero attached hydrogens (tertiary/aromatic N) is 5. The van der Waals surface area contributed by atoms with Gasteiger partial charge in [-0.1, -0.05) is 0 Å². The summed E-state index contributed by atoms with van der Waals surface area (Å²) in [5.74, 6) is 0.649. The topological polar surface area (TPSA) is 98.8 Å². The van der Waals surface area contributed by atoms with Gasteiger partial charge >= 0.3 is 0 Å². The van der Waals surface area contributed by atoms with Crippen LogP contribution in [0.15, 0.2) is 18.2 Å². The molecule has 0 saturated carbocycles. The zero-order chi connectivity index (χ0) is 14.0. The van der Waals surface area contributed by atoms with E-state index >= 15 is 0 Å². The third kappa shape index (κ3) is 2.43. The molecule has 0 aliphatic carbocycles. The highest BCUT2D eigenvalue weighted by molar-refractivity contribution is 5.47. The highest BCUT2D eigenvalue weighted by atomic mass is 16.6. The predicted molar refractivity (Wildman–Crippen MR) is 68.0 cm³/mol. The summed E-state index contributed by atoms with van der Waals surface area (Å²) in [6.45, 7) is 3.62. The van der Waals surface area contributed by atoms with E-state index in [9.17, 15) is 10.1 Å². The number of nitro groups is 1. The minimum absolute atomic E-state index is 0.0227. The van der Waals surface area contributed by atoms with Crippen LogP contribution in [-0.2, 0) is 0 Å². The van der Waals surface area contributed by atoms with Crippen LogP contribution in [0.2, 0.25) is 0 Å². The quantitative estimate of drug-likeness (QED) is 0.655. The van der Waals surface area contributed by atoms with Crippen molar-refractivity contribution in [2.75, 3.05) is 7.05 Å². The van der Waals surface area contributed by atoms with Crippen molar-refractivity contribution in [1.29, 1.82) is 0 Å². The van der Waals surface area contributed by atoms with Crippen molar-refractivity contribution in [2.24, 2.45) is 0 Å². The molecular weight excluding hydrogens is 248 g/mol. The average Bonchev–Trinajstić information content (AvgIpc) is 2.86. The van der Waals surface area contributed by atoms with Crippen molar-refractivity contribution in [1.82, 2.24) is 25.5 Å². The monoisotopic (exact) mass is 262 g/mol. The molecule has 1 atom stereocenters. The van der Waals surface area contributed by atoms with Gasteiger partial charge in [0, 0.05) is 11.6 Å². The molecule has 1 heterocycles. The first-order valence-electron chi connectivity index (χ1n) is 5.75. The second kappa shape index (κ2) is 5.11. The Morgan fingerprint density at radius 1 is 1.47 bits per heavy atom. The molecule has 0 spiro atoms. The van der Waals surface area contributed by atoms with E-state index < -0.39 is 4.92 Å². The van der Waals surface area contributed by atoms with Crippen LogP contribution in [0.4, 0.5) is 5.69 Å². The summed E-state index contributed by atoms with van der Waals surface area (Å²) in [6, 6.07) is 4.76. The molecule has 0 fully saturated rings. The number of benzene rings is 1. The van der Waals surface area contributed by atoms with Crippen molar-refractivity contribution in [2.45, 2.75) is 19.9 Å². The van der Waals surface area contributed by atoms with Gasteiger partial charge in [0.2, 0.25) is 0 Å². The molecule has 1 aromatic carbocycles. The lowest BCUT2D eigenvalue weighted by Crippen LogP contribution is -2.17. The molecule has 0 bridgehead atoms. The van der Waals surface area contributed by atoms with E-state index in [1.165, 1.54) is 6.07 Å². The molecule has 2 rings (SSSR count). The first-order valence-corrected chi connectivity index (χ1v) is 5.75. The Balaban J connectivity index is 2.46. The minimum Gasteiger partial charge on any atom is -0.311 e. The van der Waals surface area contributed by atoms with Gasteiger partial charge in [0.15, 0.2) is 5.82 Å². The van der Waals surface area contributed by atoms with E-state index in [-0.39, 0.29) is 11.7 Å². The molecule has 0 radical (unpaired) electrons. The summed E-state index contributed by atoms with van der Waals surface area (Å²) in [4.78, 5) is 10.4. The number of aromatic nitrogens is 4. The number of aryl methyl sites for hydroxylation is 1. The Bertz CT molecular complexity index is 609. The molecule has 8 nitrogen and oxygen atoms in total. The predicted octanol–water partition coefficient (Wildman–Crippen LogP) is 1.16. The van der Waals surface area contributed by atoms with Gasteiger partial charge in [-0.2, -0.15) is 4.68 Å². The fourth-order valence-corrected chi connectivity index (χ4v) is 1.75. The van der Waals surface area contributed by atoms with Crippen molar-refractivity contribution < 1.29 is 4.92 Å². The Morgan fingerprint density at radius 2 is 2.21 bits per heavy atom. The molecule has 0 aliphatic heterocycles. The van der Waals surface area contributed by atoms with Crippen LogP contribution in [-0.4, -0.2) is 32.2 Å². The van der Waals surface area contributed by atoms with E-state index in [1.54, 1.807) is 23.7 Å². The van der Waals surface area contributed by atoms with Gasteiger partial charge in [-0.3, -0.25) is 10.1 Å². The fourth-order valence-electron chi connectivity index (χ4n) is 1.75. The van der Waals surface area contributed by atoms with E-state index in [2.05, 4.69) is 20.8 Å². The van der Waals surface area contributed by atoms with Crippen molar-refractivity contribution >= 4 is 5.69 Å². The highest BCUT2D eigenvalue weighted by Gasteiger charge is 2.16. The summed E-state index contributed by atoms with van der Waals surface area (Å²) in [5, 5.41) is 25.4. The van der Waals surface area contributed by atoms with E-state index in [0.29, 0.717) is 17.1 Å². The zero-order valence-corrected chi connectivity index (χ0v) is 10.9. The molecule has 0 amide bonds. The molecule has 2 aromatic rings. The van der Waals surface area contributed by atoms with Crippen LogP contribution in [0, 0.1) is 17.0 Å². The van der Waals surface area contributed by atoms with Gasteiger partial charge in [0.25, 0.3) is 5.69 Å². The summed E-state index contributed by atoms with van der Waals surface area (Å²) < 4.78 is 1.57. The Labute approximate surface area is 109 Å². The molecule has 100 valence electrons. The smallest absolute Gasteiger partial charge is 0.272 e. The molecular formula is C11H14N6O2. The van der Waals surface area contributed by atoms with E-state index in [1.807, 2.05) is 14.0 Å². The van der Waals surface area contributed by atoms with Crippen LogP contribution in [0.5, 0.6) is 0 Å². The molecule has 1 unspecified atom stereocenters. The second-order valence-corrected chi connectivity index (χ2v) is 4.19. The average molecular weight is 262 g/mol. The second-order valence-electron chi connectivity index (χ2n) is 4.19. The fraction of sp³-hybridized carbons (Fsp3) is 0.364. The highest BCUT2D eigenvalue weighted by Crippen LogP contribution is 2.22. The first kappa shape index (κ1) is 13.1. The number of nitrogens with one attached hydrogen (secondary N) is 1. The van der Waals surface area contributed by atoms with Gasteiger partial charge in [0.1, 0.15) is 0 Å². The molecule has 0 saturated heterocycles. The molecule has 1 aromatic heterocycles. The lowest BCUT2D eigenvalue weighted by atomic mass is 10.2. The van der Waals surface area contributed by atoms with Gasteiger partial charge in [-0.25, -0.2) is 0 Å². The van der Waals surface area contributed by atoms with E-state index in [4.69, 9.17) is 0 Å². The van der Waals surface area contributed by atoms with Crippen molar-refractivity contribution in [3.63, 3.8) is 0 Å². The zero-order valence-electron chi connectivity index (χ0n) is 10.9. The van der Waals surface area contributed by atoms with Gasteiger partial charge in [-0.15, -0.1) is 5.10 Å². The maximum atomic E-state index is 10.8. The van der Waals surface area contributed by atoms with Crippen LogP contribution in [0.25, 0.3) is 5.69 Å². The van der Waals surface area contributed by atoms with Crippen LogP contribution in [0.1, 0.15) is 24.4 Å². The molecule has 8 heteroatoms. The lowest BCUT2D eigenvalue weighted by Gasteiger charge is -2.10. The number of nitro benzene ring substituents is 1. The third-order valence-electron chi connectivity index (χ3n) is 2.94. The summed E-state index contributed by atoms with van der Waals surface area (Å²) >= 11 is 0. The Kier molecular flexibility index (Phi) is 3.52. The molecule has 0 aliphatic rings. The summed E-state index contributed by atoms with van der Waals surface area (Å²) in [6.07, 6.45) is 0. The Hall–Kier alpha value is -2.35. The van der Waals surface area contributed by atoms with Gasteiger partial charge in [-0.05, 0) is 43.5 Å². The minimum atomic E-state index is -0.407. The maximum Gasteiger partial charge on any atom is 0.272 e. The number of rotatable bonds is 4. The van der Waals surface area contributed by atoms with Crippen LogP contribution >= 0.6 is 0 Å². The maximum absolute atomic E-state index is 10.8. The first-order chi connectivity index (χ1) is 9.04. The number of hydrogen-bond donors (Lipinski definition) is 1. The molecule has 1 N–H and O–H groups in total. The number of tetrazole rings is 1. The SMILES string of the molecule is CNC(C)c1nnnn1-c1ccc([N+](=O)[O-])c(C)c1. The van der Waals surface area contributed by atoms with Crippen molar-refractivity contribution in [3.8, 4) is 5.69 Å². The van der Waals surface area contributed by atoms with Crippen LogP contribution < -0.4 is 5.32 Å². The van der Waals surface area contributed by atoms with E-state index in [0.717, 1.165) is 0 Å². The standard InChI is InChI=1S/C11H14N6O2/c1-7-6-9(4-5-10(7)17(18)19)16-11(8(2)12-3)13-14-15-16/h4-6,8,12H,1-3H3. The summed E-state index contributed by atoms with van der Waals surface area (Å²) in [7, 11) is 1.81. The van der Waals surface area contributed by atoms with Gasteiger partial charge < -0.3 is 5.32 Å². The third-order valence-corrected chi connectivity index (χ3v) is 2.94. The largest absolute Gasteiger partial charge is 0.311 e. The summed E-state index contributed by atoms with van der Waals surface area (Å²) in [5.41, 5.74) is 1.35. The normalized spacial score (nSPS) is 12.4. The van der Waals surface area contributed by atoms with Crippen molar-refractivity contribution in [3.05, 3.63) is 39.7 Å². The Morgan fingerprint density at radius 3 is 2.79 bits per heavy atom. The van der Waals surface area contributed by atoms with Crippen LogP contribution in [0.3, 0.4) is 0 Å². The number of hydrogen-bond acceptors (Lipinski definition) is 6. The molecule has 19 heavy (non-hydrogen) atoms. The van der Waals surface area contributed by atoms with Gasteiger partial charge in [0.05, 0.1) is 16.7 Å². The lowest BCUT2D eigenvalue weighted by molar-refractivity contribution is -0.385.